The summed E-state index contributed by atoms with van der Waals surface area (Å²) in [7, 11) is 0. The van der Waals surface area contributed by atoms with Gasteiger partial charge in [-0.1, -0.05) is 12.8 Å². The predicted octanol–water partition coefficient (Wildman–Crippen LogP) is 3.13. The quantitative estimate of drug-likeness (QED) is 0.757. The summed E-state index contributed by atoms with van der Waals surface area (Å²) >= 11 is 0. The van der Waals surface area contributed by atoms with Crippen molar-refractivity contribution < 1.29 is 27.5 Å². The lowest BCUT2D eigenvalue weighted by atomic mass is 10.1. The lowest BCUT2D eigenvalue weighted by Gasteiger charge is -2.12. The monoisotopic (exact) mass is 383 g/mol. The van der Waals surface area contributed by atoms with Gasteiger partial charge in [0, 0.05) is 24.6 Å². The maximum absolute atomic E-state index is 12.2. The summed E-state index contributed by atoms with van der Waals surface area (Å²) in [5, 5.41) is 14.3. The number of hydrogen-bond donors (Lipinski definition) is 2. The Morgan fingerprint density at radius 3 is 2.59 bits per heavy atom. The minimum Gasteiger partial charge on any atom is -0.483 e. The van der Waals surface area contributed by atoms with E-state index in [0.717, 1.165) is 25.7 Å². The predicted molar refractivity (Wildman–Crippen MR) is 90.9 cm³/mol. The number of hydrogen-bond acceptors (Lipinski definition) is 4. The minimum absolute atomic E-state index is 0.0236. The largest absolute Gasteiger partial charge is 0.483 e. The standard InChI is InChI=1S/C18H20F3N3O3/c19-18(20,21)11-27-15-6-5-14(9-13(15)10-22)24-16(25)7-8-23-17(26)12-3-1-2-4-12/h5-6,9,12H,1-4,7-8,11H2,(H,23,26)(H,24,25). The van der Waals surface area contributed by atoms with Gasteiger partial charge in [0.15, 0.2) is 6.61 Å². The molecule has 0 spiro atoms. The van der Waals surface area contributed by atoms with E-state index < -0.39 is 12.8 Å². The molecule has 0 aromatic heterocycles. The molecule has 0 radical (unpaired) electrons. The highest BCUT2D eigenvalue weighted by Gasteiger charge is 2.29. The van der Waals surface area contributed by atoms with Crippen LogP contribution in [0.4, 0.5) is 18.9 Å². The molecule has 146 valence electrons. The number of carbonyl (C=O) groups excluding carboxylic acids is 2. The van der Waals surface area contributed by atoms with Crippen molar-refractivity contribution in [1.82, 2.24) is 5.32 Å². The van der Waals surface area contributed by atoms with Crippen LogP contribution in [-0.2, 0) is 9.59 Å². The second kappa shape index (κ2) is 9.26. The molecule has 27 heavy (non-hydrogen) atoms. The fourth-order valence-corrected chi connectivity index (χ4v) is 2.84. The maximum Gasteiger partial charge on any atom is 0.422 e. The summed E-state index contributed by atoms with van der Waals surface area (Å²) in [6.45, 7) is -1.31. The number of nitrogens with one attached hydrogen (secondary N) is 2. The number of benzene rings is 1. The number of anilines is 1. The Morgan fingerprint density at radius 2 is 1.96 bits per heavy atom. The minimum atomic E-state index is -4.51. The van der Waals surface area contributed by atoms with Crippen LogP contribution in [0.15, 0.2) is 18.2 Å². The molecular formula is C18H20F3N3O3. The van der Waals surface area contributed by atoms with Crippen LogP contribution in [0.1, 0.15) is 37.7 Å². The topological polar surface area (TPSA) is 91.2 Å². The summed E-state index contributed by atoms with van der Waals surface area (Å²) in [4.78, 5) is 23.8. The molecule has 0 saturated heterocycles. The van der Waals surface area contributed by atoms with Crippen LogP contribution in [0.3, 0.4) is 0 Å². The number of alkyl halides is 3. The van der Waals surface area contributed by atoms with Gasteiger partial charge in [0.25, 0.3) is 0 Å². The van der Waals surface area contributed by atoms with E-state index in [0.29, 0.717) is 0 Å². The third kappa shape index (κ3) is 6.81. The normalized spacial score (nSPS) is 14.4. The van der Waals surface area contributed by atoms with E-state index in [-0.39, 0.29) is 47.7 Å². The van der Waals surface area contributed by atoms with Crippen molar-refractivity contribution in [3.05, 3.63) is 23.8 Å². The lowest BCUT2D eigenvalue weighted by Crippen LogP contribution is -2.32. The Balaban J connectivity index is 1.82. The van der Waals surface area contributed by atoms with E-state index in [1.165, 1.54) is 18.2 Å². The Morgan fingerprint density at radius 1 is 1.26 bits per heavy atom. The molecule has 0 unspecified atom stereocenters. The molecule has 2 rings (SSSR count). The van der Waals surface area contributed by atoms with Crippen LogP contribution in [0.2, 0.25) is 0 Å². The van der Waals surface area contributed by atoms with Crippen LogP contribution in [0, 0.1) is 17.2 Å². The van der Waals surface area contributed by atoms with Crippen LogP contribution in [0.25, 0.3) is 0 Å². The highest BCUT2D eigenvalue weighted by molar-refractivity contribution is 5.91. The third-order valence-electron chi connectivity index (χ3n) is 4.15. The van der Waals surface area contributed by atoms with E-state index >= 15 is 0 Å². The van der Waals surface area contributed by atoms with Crippen molar-refractivity contribution >= 4 is 17.5 Å². The average Bonchev–Trinajstić information content (AvgIpc) is 3.14. The molecule has 1 aliphatic carbocycles. The second-order valence-electron chi connectivity index (χ2n) is 6.30. The zero-order valence-electron chi connectivity index (χ0n) is 14.6. The molecule has 2 N–H and O–H groups in total. The summed E-state index contributed by atoms with van der Waals surface area (Å²) in [5.41, 5.74) is 0.143. The van der Waals surface area contributed by atoms with E-state index in [1.54, 1.807) is 6.07 Å². The number of carbonyl (C=O) groups is 2. The smallest absolute Gasteiger partial charge is 0.422 e. The number of nitriles is 1. The molecule has 1 saturated carbocycles. The van der Waals surface area contributed by atoms with Crippen molar-refractivity contribution in [1.29, 1.82) is 5.26 Å². The molecule has 6 nitrogen and oxygen atoms in total. The number of rotatable bonds is 7. The van der Waals surface area contributed by atoms with Gasteiger partial charge in [-0.3, -0.25) is 9.59 Å². The van der Waals surface area contributed by atoms with Crippen molar-refractivity contribution in [2.45, 2.75) is 38.3 Å². The van der Waals surface area contributed by atoms with Crippen molar-refractivity contribution in [2.24, 2.45) is 5.92 Å². The number of ether oxygens (including phenoxy) is 1. The lowest BCUT2D eigenvalue weighted by molar-refractivity contribution is -0.153. The molecule has 0 aliphatic heterocycles. The molecule has 0 bridgehead atoms. The van der Waals surface area contributed by atoms with E-state index in [2.05, 4.69) is 15.4 Å². The number of amides is 2. The first kappa shape index (κ1) is 20.6. The van der Waals surface area contributed by atoms with Gasteiger partial charge in [-0.05, 0) is 31.0 Å². The van der Waals surface area contributed by atoms with Gasteiger partial charge in [-0.15, -0.1) is 0 Å². The summed E-state index contributed by atoms with van der Waals surface area (Å²) in [6.07, 6.45) is -0.629. The highest BCUT2D eigenvalue weighted by Crippen LogP contribution is 2.25. The molecule has 0 atom stereocenters. The summed E-state index contributed by atoms with van der Waals surface area (Å²) < 4.78 is 41.2. The van der Waals surface area contributed by atoms with Gasteiger partial charge in [0.2, 0.25) is 11.8 Å². The van der Waals surface area contributed by atoms with Gasteiger partial charge in [0.05, 0.1) is 5.56 Å². The number of halogens is 3. The summed E-state index contributed by atoms with van der Waals surface area (Å²) in [5.74, 6) is -0.611. The van der Waals surface area contributed by atoms with Gasteiger partial charge in [-0.25, -0.2) is 0 Å². The van der Waals surface area contributed by atoms with E-state index in [1.807, 2.05) is 0 Å². The zero-order valence-corrected chi connectivity index (χ0v) is 14.6. The van der Waals surface area contributed by atoms with Crippen molar-refractivity contribution in [3.8, 4) is 11.8 Å². The molecule has 1 fully saturated rings. The van der Waals surface area contributed by atoms with Crippen LogP contribution >= 0.6 is 0 Å². The molecule has 1 aliphatic rings. The summed E-state index contributed by atoms with van der Waals surface area (Å²) in [6, 6.07) is 5.52. The Labute approximate surface area is 154 Å². The fraction of sp³-hybridized carbons (Fsp3) is 0.500. The first-order valence-electron chi connectivity index (χ1n) is 8.60. The zero-order chi connectivity index (χ0) is 19.9. The van der Waals surface area contributed by atoms with Crippen LogP contribution in [0.5, 0.6) is 5.75 Å². The highest BCUT2D eigenvalue weighted by atomic mass is 19.4. The number of nitrogens with zero attached hydrogens (tertiary/aromatic N) is 1. The fourth-order valence-electron chi connectivity index (χ4n) is 2.84. The Bertz CT molecular complexity index is 723. The van der Waals surface area contributed by atoms with E-state index in [4.69, 9.17) is 5.26 Å². The Kier molecular flexibility index (Phi) is 7.05. The van der Waals surface area contributed by atoms with Crippen LogP contribution in [-0.4, -0.2) is 31.1 Å². The molecule has 0 heterocycles. The van der Waals surface area contributed by atoms with Crippen molar-refractivity contribution in [3.63, 3.8) is 0 Å². The first-order chi connectivity index (χ1) is 12.8. The molecule has 2 amide bonds. The molecule has 1 aromatic carbocycles. The molecule has 1 aromatic rings. The molecule has 9 heteroatoms. The van der Waals surface area contributed by atoms with Gasteiger partial charge in [-0.2, -0.15) is 18.4 Å². The SMILES string of the molecule is N#Cc1cc(NC(=O)CCNC(=O)C2CCCC2)ccc1OCC(F)(F)F. The van der Waals surface area contributed by atoms with Gasteiger partial charge < -0.3 is 15.4 Å². The Hall–Kier alpha value is -2.76. The van der Waals surface area contributed by atoms with E-state index in [9.17, 15) is 22.8 Å². The molecular weight excluding hydrogens is 363 g/mol. The van der Waals surface area contributed by atoms with Gasteiger partial charge in [0.1, 0.15) is 11.8 Å². The second-order valence-corrected chi connectivity index (χ2v) is 6.30. The van der Waals surface area contributed by atoms with Gasteiger partial charge >= 0.3 is 6.18 Å². The average molecular weight is 383 g/mol. The van der Waals surface area contributed by atoms with Crippen molar-refractivity contribution in [2.75, 3.05) is 18.5 Å². The van der Waals surface area contributed by atoms with Crippen LogP contribution < -0.4 is 15.4 Å². The first-order valence-corrected chi connectivity index (χ1v) is 8.60. The third-order valence-corrected chi connectivity index (χ3v) is 4.15. The maximum atomic E-state index is 12.2.